The van der Waals surface area contributed by atoms with Gasteiger partial charge in [-0.05, 0) is 43.5 Å². The summed E-state index contributed by atoms with van der Waals surface area (Å²) in [6.07, 6.45) is 1.18. The van der Waals surface area contributed by atoms with Crippen LogP contribution in [0.25, 0.3) is 0 Å². The van der Waals surface area contributed by atoms with Crippen molar-refractivity contribution in [1.29, 1.82) is 0 Å². The summed E-state index contributed by atoms with van der Waals surface area (Å²) in [5.74, 6) is 0.690. The van der Waals surface area contributed by atoms with Crippen molar-refractivity contribution >= 4 is 5.69 Å². The first-order valence-electron chi connectivity index (χ1n) is 7.76. The van der Waals surface area contributed by atoms with Gasteiger partial charge in [-0.15, -0.1) is 0 Å². The fourth-order valence-electron chi connectivity index (χ4n) is 3.15. The van der Waals surface area contributed by atoms with E-state index in [-0.39, 0.29) is 0 Å². The standard InChI is InChI=1S/C19H24N2/c1-15-7-9-16(10-8-15)13-21(2)14-17-11-18-5-3-4-6-19(18)20-12-17/h3-10,17,20H,11-14H2,1-2H3. The van der Waals surface area contributed by atoms with Gasteiger partial charge in [-0.2, -0.15) is 0 Å². The number of hydrogen-bond donors (Lipinski definition) is 1. The minimum absolute atomic E-state index is 0.690. The van der Waals surface area contributed by atoms with Crippen molar-refractivity contribution in [3.63, 3.8) is 0 Å². The number of nitrogens with zero attached hydrogens (tertiary/aromatic N) is 1. The SMILES string of the molecule is Cc1ccc(CN(C)CC2CNc3ccccc3C2)cc1. The molecule has 2 aromatic carbocycles. The predicted molar refractivity (Wildman–Crippen MR) is 89.6 cm³/mol. The van der Waals surface area contributed by atoms with Crippen LogP contribution >= 0.6 is 0 Å². The number of benzene rings is 2. The Morgan fingerprint density at radius 3 is 2.67 bits per heavy atom. The van der Waals surface area contributed by atoms with Gasteiger partial charge in [0.1, 0.15) is 0 Å². The Labute approximate surface area is 127 Å². The van der Waals surface area contributed by atoms with E-state index >= 15 is 0 Å². The summed E-state index contributed by atoms with van der Waals surface area (Å²) in [7, 11) is 2.22. The Hall–Kier alpha value is -1.80. The van der Waals surface area contributed by atoms with Gasteiger partial charge in [-0.25, -0.2) is 0 Å². The average molecular weight is 280 g/mol. The van der Waals surface area contributed by atoms with Crippen molar-refractivity contribution in [1.82, 2.24) is 4.90 Å². The second kappa shape index (κ2) is 6.31. The average Bonchev–Trinajstić information content (AvgIpc) is 2.49. The maximum Gasteiger partial charge on any atom is 0.0372 e. The number of fused-ring (bicyclic) bond motifs is 1. The summed E-state index contributed by atoms with van der Waals surface area (Å²) < 4.78 is 0. The lowest BCUT2D eigenvalue weighted by Gasteiger charge is -2.29. The molecule has 3 rings (SSSR count). The minimum atomic E-state index is 0.690. The molecule has 1 N–H and O–H groups in total. The van der Waals surface area contributed by atoms with Gasteiger partial charge in [-0.1, -0.05) is 48.0 Å². The van der Waals surface area contributed by atoms with E-state index in [4.69, 9.17) is 0 Å². The number of para-hydroxylation sites is 1. The lowest BCUT2D eigenvalue weighted by Crippen LogP contribution is -2.33. The van der Waals surface area contributed by atoms with Gasteiger partial charge in [0.15, 0.2) is 0 Å². The topological polar surface area (TPSA) is 15.3 Å². The largest absolute Gasteiger partial charge is 0.384 e. The number of nitrogens with one attached hydrogen (secondary N) is 1. The quantitative estimate of drug-likeness (QED) is 0.918. The zero-order valence-electron chi connectivity index (χ0n) is 13.0. The molecule has 2 nitrogen and oxygen atoms in total. The van der Waals surface area contributed by atoms with Crippen molar-refractivity contribution in [3.8, 4) is 0 Å². The van der Waals surface area contributed by atoms with Crippen molar-refractivity contribution in [2.45, 2.75) is 19.9 Å². The third kappa shape index (κ3) is 3.64. The number of hydrogen-bond acceptors (Lipinski definition) is 2. The zero-order chi connectivity index (χ0) is 14.7. The maximum absolute atomic E-state index is 3.56. The Kier molecular flexibility index (Phi) is 4.26. The fourth-order valence-corrected chi connectivity index (χ4v) is 3.15. The van der Waals surface area contributed by atoms with E-state index in [9.17, 15) is 0 Å². The molecular formula is C19H24N2. The smallest absolute Gasteiger partial charge is 0.0372 e. The first kappa shape index (κ1) is 14.2. The highest BCUT2D eigenvalue weighted by atomic mass is 15.1. The molecule has 0 saturated heterocycles. The Morgan fingerprint density at radius 2 is 1.86 bits per heavy atom. The number of aryl methyl sites for hydroxylation is 1. The summed E-state index contributed by atoms with van der Waals surface area (Å²) in [4.78, 5) is 2.44. The van der Waals surface area contributed by atoms with E-state index in [2.05, 4.69) is 72.7 Å². The molecule has 0 aliphatic carbocycles. The van der Waals surface area contributed by atoms with Gasteiger partial charge >= 0.3 is 0 Å². The highest BCUT2D eigenvalue weighted by Gasteiger charge is 2.19. The molecule has 1 aliphatic rings. The van der Waals surface area contributed by atoms with Gasteiger partial charge in [-0.3, -0.25) is 0 Å². The van der Waals surface area contributed by atoms with E-state index in [0.29, 0.717) is 5.92 Å². The van der Waals surface area contributed by atoms with Crippen molar-refractivity contribution < 1.29 is 0 Å². The summed E-state index contributed by atoms with van der Waals surface area (Å²) in [5, 5.41) is 3.56. The first-order valence-corrected chi connectivity index (χ1v) is 7.76. The molecule has 0 radical (unpaired) electrons. The summed E-state index contributed by atoms with van der Waals surface area (Å²) in [6.45, 7) is 5.38. The van der Waals surface area contributed by atoms with Crippen LogP contribution in [-0.2, 0) is 13.0 Å². The molecule has 2 heteroatoms. The van der Waals surface area contributed by atoms with Crippen LogP contribution in [0.3, 0.4) is 0 Å². The minimum Gasteiger partial charge on any atom is -0.384 e. The molecule has 1 aliphatic heterocycles. The highest BCUT2D eigenvalue weighted by molar-refractivity contribution is 5.53. The lowest BCUT2D eigenvalue weighted by atomic mass is 9.93. The van der Waals surface area contributed by atoms with E-state index in [1.54, 1.807) is 0 Å². The molecule has 0 aromatic heterocycles. The Balaban J connectivity index is 1.56. The molecule has 1 unspecified atom stereocenters. The molecule has 0 fully saturated rings. The van der Waals surface area contributed by atoms with Crippen LogP contribution in [0.1, 0.15) is 16.7 Å². The highest BCUT2D eigenvalue weighted by Crippen LogP contribution is 2.24. The predicted octanol–water partition coefficient (Wildman–Crippen LogP) is 3.71. The molecule has 1 heterocycles. The monoisotopic (exact) mass is 280 g/mol. The normalized spacial score (nSPS) is 17.4. The number of anilines is 1. The van der Waals surface area contributed by atoms with Crippen molar-refractivity contribution in [3.05, 3.63) is 65.2 Å². The fraction of sp³-hybridized carbons (Fsp3) is 0.368. The molecule has 0 spiro atoms. The van der Waals surface area contributed by atoms with Crippen LogP contribution in [0.5, 0.6) is 0 Å². The van der Waals surface area contributed by atoms with Crippen LogP contribution in [-0.4, -0.2) is 25.0 Å². The second-order valence-electron chi connectivity index (χ2n) is 6.29. The summed E-state index contributed by atoms with van der Waals surface area (Å²) >= 11 is 0. The molecular weight excluding hydrogens is 256 g/mol. The van der Waals surface area contributed by atoms with E-state index in [0.717, 1.165) is 19.6 Å². The van der Waals surface area contributed by atoms with Crippen LogP contribution in [0.2, 0.25) is 0 Å². The Bertz CT molecular complexity index is 589. The molecule has 21 heavy (non-hydrogen) atoms. The van der Waals surface area contributed by atoms with Crippen LogP contribution in [0, 0.1) is 12.8 Å². The van der Waals surface area contributed by atoms with Crippen LogP contribution < -0.4 is 5.32 Å². The Morgan fingerprint density at radius 1 is 1.10 bits per heavy atom. The number of rotatable bonds is 4. The van der Waals surface area contributed by atoms with Gasteiger partial charge in [0.2, 0.25) is 0 Å². The van der Waals surface area contributed by atoms with Crippen LogP contribution in [0.4, 0.5) is 5.69 Å². The first-order chi connectivity index (χ1) is 10.2. The third-order valence-electron chi connectivity index (χ3n) is 4.25. The molecule has 0 amide bonds. The maximum atomic E-state index is 3.56. The molecule has 0 saturated carbocycles. The molecule has 0 bridgehead atoms. The van der Waals surface area contributed by atoms with Gasteiger partial charge in [0.25, 0.3) is 0 Å². The third-order valence-corrected chi connectivity index (χ3v) is 4.25. The summed E-state index contributed by atoms with van der Waals surface area (Å²) in [6, 6.07) is 17.5. The van der Waals surface area contributed by atoms with Crippen molar-refractivity contribution in [2.24, 2.45) is 5.92 Å². The van der Waals surface area contributed by atoms with Gasteiger partial charge in [0, 0.05) is 25.3 Å². The molecule has 1 atom stereocenters. The summed E-state index contributed by atoms with van der Waals surface area (Å²) in [5.41, 5.74) is 5.49. The van der Waals surface area contributed by atoms with Crippen molar-refractivity contribution in [2.75, 3.05) is 25.5 Å². The van der Waals surface area contributed by atoms with E-state index in [1.165, 1.54) is 28.8 Å². The van der Waals surface area contributed by atoms with E-state index < -0.39 is 0 Å². The molecule has 110 valence electrons. The van der Waals surface area contributed by atoms with Gasteiger partial charge < -0.3 is 10.2 Å². The van der Waals surface area contributed by atoms with Crippen LogP contribution in [0.15, 0.2) is 48.5 Å². The van der Waals surface area contributed by atoms with Gasteiger partial charge in [0.05, 0.1) is 0 Å². The molecule has 2 aromatic rings. The zero-order valence-corrected chi connectivity index (χ0v) is 13.0. The van der Waals surface area contributed by atoms with E-state index in [1.807, 2.05) is 0 Å². The second-order valence-corrected chi connectivity index (χ2v) is 6.29. The lowest BCUT2D eigenvalue weighted by molar-refractivity contribution is 0.271.